The SMILES string of the molecule is Cc1cc(-c2cc(C(=O)N3CCC(Cc4ccccc4)CC3)nn2C)ccc1F. The highest BCUT2D eigenvalue weighted by molar-refractivity contribution is 5.93. The van der Waals surface area contributed by atoms with E-state index in [4.69, 9.17) is 0 Å². The summed E-state index contributed by atoms with van der Waals surface area (Å²) in [5.41, 5.74) is 4.07. The standard InChI is InChI=1S/C24H26FN3O/c1-17-14-20(8-9-21(17)25)23-16-22(26-27(23)2)24(29)28-12-10-19(11-13-28)15-18-6-4-3-5-7-18/h3-9,14,16,19H,10-13,15H2,1-2H3. The third kappa shape index (κ3) is 4.24. The molecule has 0 bridgehead atoms. The fourth-order valence-electron chi connectivity index (χ4n) is 4.10. The van der Waals surface area contributed by atoms with Gasteiger partial charge in [-0.2, -0.15) is 5.10 Å². The second-order valence-electron chi connectivity index (χ2n) is 7.93. The molecule has 0 spiro atoms. The first kappa shape index (κ1) is 19.4. The highest BCUT2D eigenvalue weighted by Crippen LogP contribution is 2.25. The van der Waals surface area contributed by atoms with E-state index < -0.39 is 0 Å². The van der Waals surface area contributed by atoms with Crippen molar-refractivity contribution in [3.63, 3.8) is 0 Å². The summed E-state index contributed by atoms with van der Waals surface area (Å²) in [7, 11) is 1.82. The van der Waals surface area contributed by atoms with Crippen LogP contribution in [0.1, 0.15) is 34.5 Å². The maximum atomic E-state index is 13.6. The molecule has 4 nitrogen and oxygen atoms in total. The van der Waals surface area contributed by atoms with Gasteiger partial charge in [-0.25, -0.2) is 4.39 Å². The summed E-state index contributed by atoms with van der Waals surface area (Å²) >= 11 is 0. The molecule has 0 atom stereocenters. The minimum Gasteiger partial charge on any atom is -0.337 e. The molecular weight excluding hydrogens is 365 g/mol. The number of piperidine rings is 1. The largest absolute Gasteiger partial charge is 0.337 e. The van der Waals surface area contributed by atoms with Crippen LogP contribution in [0.4, 0.5) is 4.39 Å². The van der Waals surface area contributed by atoms with E-state index in [2.05, 4.69) is 29.4 Å². The second kappa shape index (κ2) is 8.19. The first-order valence-corrected chi connectivity index (χ1v) is 10.1. The molecule has 1 fully saturated rings. The molecule has 1 saturated heterocycles. The maximum Gasteiger partial charge on any atom is 0.274 e. The van der Waals surface area contributed by atoms with Gasteiger partial charge in [0.05, 0.1) is 5.69 Å². The van der Waals surface area contributed by atoms with Crippen LogP contribution in [0.5, 0.6) is 0 Å². The lowest BCUT2D eigenvalue weighted by Gasteiger charge is -2.31. The van der Waals surface area contributed by atoms with Gasteiger partial charge < -0.3 is 4.90 Å². The van der Waals surface area contributed by atoms with Crippen molar-refractivity contribution >= 4 is 5.91 Å². The number of aryl methyl sites for hydroxylation is 2. The van der Waals surface area contributed by atoms with Crippen LogP contribution >= 0.6 is 0 Å². The van der Waals surface area contributed by atoms with Crippen molar-refractivity contribution in [1.82, 2.24) is 14.7 Å². The number of benzene rings is 2. The monoisotopic (exact) mass is 391 g/mol. The molecular formula is C24H26FN3O. The van der Waals surface area contributed by atoms with Crippen LogP contribution in [0.2, 0.25) is 0 Å². The summed E-state index contributed by atoms with van der Waals surface area (Å²) in [5, 5.41) is 4.43. The van der Waals surface area contributed by atoms with Crippen LogP contribution in [-0.2, 0) is 13.5 Å². The molecule has 3 aromatic rings. The minimum absolute atomic E-state index is 0.0242. The molecule has 29 heavy (non-hydrogen) atoms. The lowest BCUT2D eigenvalue weighted by Crippen LogP contribution is -2.39. The molecule has 1 aliphatic heterocycles. The van der Waals surface area contributed by atoms with Gasteiger partial charge in [0.25, 0.3) is 5.91 Å². The molecule has 1 amide bonds. The van der Waals surface area contributed by atoms with E-state index in [0.29, 0.717) is 17.2 Å². The van der Waals surface area contributed by atoms with Gasteiger partial charge in [-0.3, -0.25) is 9.48 Å². The van der Waals surface area contributed by atoms with E-state index >= 15 is 0 Å². The van der Waals surface area contributed by atoms with Gasteiger partial charge in [-0.15, -0.1) is 0 Å². The Labute approximate surface area is 171 Å². The Hall–Kier alpha value is -2.95. The molecule has 0 aliphatic carbocycles. The van der Waals surface area contributed by atoms with Gasteiger partial charge in [-0.1, -0.05) is 30.3 Å². The zero-order chi connectivity index (χ0) is 20.4. The molecule has 2 aromatic carbocycles. The van der Waals surface area contributed by atoms with Crippen LogP contribution in [0, 0.1) is 18.7 Å². The molecule has 1 aromatic heterocycles. The molecule has 150 valence electrons. The summed E-state index contributed by atoms with van der Waals surface area (Å²) in [5.74, 6) is 0.359. The lowest BCUT2D eigenvalue weighted by molar-refractivity contribution is 0.0684. The molecule has 1 aliphatic rings. The van der Waals surface area contributed by atoms with Crippen molar-refractivity contribution < 1.29 is 9.18 Å². The predicted molar refractivity (Wildman–Crippen MR) is 112 cm³/mol. The fraction of sp³-hybridized carbons (Fsp3) is 0.333. The van der Waals surface area contributed by atoms with E-state index in [1.54, 1.807) is 23.7 Å². The van der Waals surface area contributed by atoms with Gasteiger partial charge in [0.2, 0.25) is 0 Å². The van der Waals surface area contributed by atoms with Crippen LogP contribution in [0.3, 0.4) is 0 Å². The number of aromatic nitrogens is 2. The molecule has 5 heteroatoms. The number of carbonyl (C=O) groups excluding carboxylic acids is 1. The van der Waals surface area contributed by atoms with Crippen molar-refractivity contribution in [2.75, 3.05) is 13.1 Å². The van der Waals surface area contributed by atoms with Crippen LogP contribution < -0.4 is 0 Å². The Morgan fingerprint density at radius 1 is 1.10 bits per heavy atom. The summed E-state index contributed by atoms with van der Waals surface area (Å²) in [4.78, 5) is 14.9. The van der Waals surface area contributed by atoms with Crippen LogP contribution in [0.25, 0.3) is 11.3 Å². The number of likely N-dealkylation sites (tertiary alicyclic amines) is 1. The topological polar surface area (TPSA) is 38.1 Å². The summed E-state index contributed by atoms with van der Waals surface area (Å²) in [6.07, 6.45) is 3.09. The molecule has 0 unspecified atom stereocenters. The maximum absolute atomic E-state index is 13.6. The minimum atomic E-state index is -0.231. The average molecular weight is 391 g/mol. The fourth-order valence-corrected chi connectivity index (χ4v) is 4.10. The first-order chi connectivity index (χ1) is 14.0. The van der Waals surface area contributed by atoms with Crippen LogP contribution in [-0.4, -0.2) is 33.7 Å². The second-order valence-corrected chi connectivity index (χ2v) is 7.93. The summed E-state index contributed by atoms with van der Waals surface area (Å²) in [6, 6.07) is 17.3. The quantitative estimate of drug-likeness (QED) is 0.650. The molecule has 2 heterocycles. The number of halogens is 1. The number of amides is 1. The number of hydrogen-bond acceptors (Lipinski definition) is 2. The number of hydrogen-bond donors (Lipinski definition) is 0. The Morgan fingerprint density at radius 3 is 2.52 bits per heavy atom. The smallest absolute Gasteiger partial charge is 0.274 e. The van der Waals surface area contributed by atoms with E-state index in [9.17, 15) is 9.18 Å². The van der Waals surface area contributed by atoms with Gasteiger partial charge in [0.15, 0.2) is 5.69 Å². The third-order valence-electron chi connectivity index (χ3n) is 5.82. The predicted octanol–water partition coefficient (Wildman–Crippen LogP) is 4.63. The highest BCUT2D eigenvalue weighted by atomic mass is 19.1. The Kier molecular flexibility index (Phi) is 5.47. The average Bonchev–Trinajstić information content (AvgIpc) is 3.12. The zero-order valence-electron chi connectivity index (χ0n) is 16.9. The zero-order valence-corrected chi connectivity index (χ0v) is 16.9. The molecule has 4 rings (SSSR count). The van der Waals surface area contributed by atoms with E-state index in [-0.39, 0.29) is 11.7 Å². The van der Waals surface area contributed by atoms with Crippen molar-refractivity contribution in [1.29, 1.82) is 0 Å². The van der Waals surface area contributed by atoms with Gasteiger partial charge >= 0.3 is 0 Å². The number of carbonyl (C=O) groups is 1. The molecule has 0 radical (unpaired) electrons. The Morgan fingerprint density at radius 2 is 1.83 bits per heavy atom. The third-order valence-corrected chi connectivity index (χ3v) is 5.82. The molecule has 0 N–H and O–H groups in total. The van der Waals surface area contributed by atoms with Crippen molar-refractivity contribution in [3.05, 3.63) is 77.2 Å². The highest BCUT2D eigenvalue weighted by Gasteiger charge is 2.26. The van der Waals surface area contributed by atoms with Gasteiger partial charge in [0, 0.05) is 25.7 Å². The normalized spacial score (nSPS) is 14.9. The molecule has 0 saturated carbocycles. The van der Waals surface area contributed by atoms with Gasteiger partial charge in [0.1, 0.15) is 5.82 Å². The van der Waals surface area contributed by atoms with Gasteiger partial charge in [-0.05, 0) is 67.5 Å². The lowest BCUT2D eigenvalue weighted by atomic mass is 9.90. The van der Waals surface area contributed by atoms with Crippen molar-refractivity contribution in [2.45, 2.75) is 26.2 Å². The van der Waals surface area contributed by atoms with Crippen molar-refractivity contribution in [2.24, 2.45) is 13.0 Å². The van der Waals surface area contributed by atoms with E-state index in [1.807, 2.05) is 24.1 Å². The summed E-state index contributed by atoms with van der Waals surface area (Å²) < 4.78 is 15.3. The Bertz CT molecular complexity index is 1000. The van der Waals surface area contributed by atoms with E-state index in [0.717, 1.165) is 43.6 Å². The van der Waals surface area contributed by atoms with E-state index in [1.165, 1.54) is 11.6 Å². The number of rotatable bonds is 4. The summed E-state index contributed by atoms with van der Waals surface area (Å²) in [6.45, 7) is 3.26. The van der Waals surface area contributed by atoms with Crippen LogP contribution in [0.15, 0.2) is 54.6 Å². The Balaban J connectivity index is 1.42. The first-order valence-electron chi connectivity index (χ1n) is 10.1. The number of nitrogens with zero attached hydrogens (tertiary/aromatic N) is 3. The van der Waals surface area contributed by atoms with Crippen molar-refractivity contribution in [3.8, 4) is 11.3 Å².